The molecule has 4 heteroatoms. The van der Waals surface area contributed by atoms with E-state index in [2.05, 4.69) is 0 Å². The van der Waals surface area contributed by atoms with E-state index in [1.54, 1.807) is 26.4 Å². The third-order valence-electron chi connectivity index (χ3n) is 3.93. The van der Waals surface area contributed by atoms with Crippen LogP contribution in [0.5, 0.6) is 11.5 Å². The van der Waals surface area contributed by atoms with Crippen LogP contribution >= 0.6 is 0 Å². The van der Waals surface area contributed by atoms with Crippen molar-refractivity contribution in [2.24, 2.45) is 0 Å². The van der Waals surface area contributed by atoms with Crippen molar-refractivity contribution >= 4 is 11.4 Å². The number of hydrogen-bond acceptors (Lipinski definition) is 4. The fourth-order valence-corrected chi connectivity index (χ4v) is 2.54. The van der Waals surface area contributed by atoms with Gasteiger partial charge < -0.3 is 14.2 Å². The van der Waals surface area contributed by atoms with E-state index in [0.717, 1.165) is 28.2 Å². The molecule has 0 aliphatic rings. The van der Waals surface area contributed by atoms with Gasteiger partial charge in [0.15, 0.2) is 5.76 Å². The lowest BCUT2D eigenvalue weighted by atomic mass is 9.98. The van der Waals surface area contributed by atoms with Crippen molar-refractivity contribution in [3.8, 4) is 11.5 Å². The molecule has 2 aromatic carbocycles. The zero-order chi connectivity index (χ0) is 17.7. The largest absolute Gasteiger partial charge is 0.497 e. The topological polar surface area (TPSA) is 44.8 Å². The minimum Gasteiger partial charge on any atom is -0.497 e. The van der Waals surface area contributed by atoms with Gasteiger partial charge in [0, 0.05) is 11.1 Å². The average Bonchev–Trinajstić information content (AvgIpc) is 2.61. The standard InChI is InChI=1S/C20H22O4/c1-13-11-17(23-4)9-10-18(13)19(21)20(24-5)14(2)15-7-6-8-16(12-15)22-3/h6-12H,1-5H3/b20-14-. The van der Waals surface area contributed by atoms with Gasteiger partial charge in [0.2, 0.25) is 5.78 Å². The summed E-state index contributed by atoms with van der Waals surface area (Å²) >= 11 is 0. The third kappa shape index (κ3) is 3.59. The Hall–Kier alpha value is -2.75. The van der Waals surface area contributed by atoms with Crippen LogP contribution in [0.1, 0.15) is 28.4 Å². The first-order chi connectivity index (χ1) is 11.5. The van der Waals surface area contributed by atoms with Gasteiger partial charge >= 0.3 is 0 Å². The molecular weight excluding hydrogens is 304 g/mol. The number of aryl methyl sites for hydroxylation is 1. The molecule has 0 aliphatic heterocycles. The summed E-state index contributed by atoms with van der Waals surface area (Å²) in [5, 5.41) is 0. The number of Topliss-reactive ketones (excluding diaryl/α,β-unsaturated/α-hetero) is 1. The highest BCUT2D eigenvalue weighted by Gasteiger charge is 2.19. The molecular formula is C20H22O4. The third-order valence-corrected chi connectivity index (χ3v) is 3.93. The summed E-state index contributed by atoms with van der Waals surface area (Å²) in [6.07, 6.45) is 0. The van der Waals surface area contributed by atoms with E-state index in [0.29, 0.717) is 11.3 Å². The van der Waals surface area contributed by atoms with Gasteiger partial charge in [-0.1, -0.05) is 12.1 Å². The van der Waals surface area contributed by atoms with Crippen molar-refractivity contribution in [2.45, 2.75) is 13.8 Å². The number of ether oxygens (including phenoxy) is 3. The Morgan fingerprint density at radius 3 is 2.17 bits per heavy atom. The molecule has 0 heterocycles. The van der Waals surface area contributed by atoms with Crippen molar-refractivity contribution in [2.75, 3.05) is 21.3 Å². The Balaban J connectivity index is 2.47. The second-order valence-electron chi connectivity index (χ2n) is 5.40. The molecule has 4 nitrogen and oxygen atoms in total. The van der Waals surface area contributed by atoms with Gasteiger partial charge in [0.1, 0.15) is 11.5 Å². The van der Waals surface area contributed by atoms with E-state index in [1.807, 2.05) is 44.2 Å². The van der Waals surface area contributed by atoms with E-state index in [1.165, 1.54) is 7.11 Å². The molecule has 0 saturated heterocycles. The fraction of sp³-hybridized carbons (Fsp3) is 0.250. The highest BCUT2D eigenvalue weighted by Crippen LogP contribution is 2.26. The molecule has 2 aromatic rings. The van der Waals surface area contributed by atoms with Crippen molar-refractivity contribution in [3.05, 3.63) is 64.9 Å². The monoisotopic (exact) mass is 326 g/mol. The van der Waals surface area contributed by atoms with Crippen LogP contribution in [0.3, 0.4) is 0 Å². The minimum atomic E-state index is -0.155. The number of ketones is 1. The number of allylic oxidation sites excluding steroid dienone is 2. The van der Waals surface area contributed by atoms with Crippen molar-refractivity contribution < 1.29 is 19.0 Å². The van der Waals surface area contributed by atoms with Gasteiger partial charge in [-0.25, -0.2) is 0 Å². The van der Waals surface area contributed by atoms with Crippen LogP contribution in [0.4, 0.5) is 0 Å². The van der Waals surface area contributed by atoms with Gasteiger partial charge in [0.25, 0.3) is 0 Å². The lowest BCUT2D eigenvalue weighted by Crippen LogP contribution is -2.09. The zero-order valence-electron chi connectivity index (χ0n) is 14.7. The number of hydrogen-bond donors (Lipinski definition) is 0. The van der Waals surface area contributed by atoms with Gasteiger partial charge in [0.05, 0.1) is 21.3 Å². The van der Waals surface area contributed by atoms with E-state index in [-0.39, 0.29) is 5.78 Å². The highest BCUT2D eigenvalue weighted by molar-refractivity contribution is 6.12. The Kier molecular flexibility index (Phi) is 5.64. The molecule has 2 rings (SSSR count). The van der Waals surface area contributed by atoms with Gasteiger partial charge in [-0.3, -0.25) is 4.79 Å². The van der Waals surface area contributed by atoms with Crippen LogP contribution in [0.15, 0.2) is 48.2 Å². The first-order valence-electron chi connectivity index (χ1n) is 7.60. The molecule has 0 fully saturated rings. The Morgan fingerprint density at radius 2 is 1.58 bits per heavy atom. The quantitative estimate of drug-likeness (QED) is 0.452. The Bertz CT molecular complexity index is 775. The summed E-state index contributed by atoms with van der Waals surface area (Å²) in [4.78, 5) is 12.9. The van der Waals surface area contributed by atoms with Crippen molar-refractivity contribution in [1.82, 2.24) is 0 Å². The highest BCUT2D eigenvalue weighted by atomic mass is 16.5. The van der Waals surface area contributed by atoms with Crippen LogP contribution in [-0.2, 0) is 4.74 Å². The molecule has 0 atom stereocenters. The predicted molar refractivity (Wildman–Crippen MR) is 94.7 cm³/mol. The number of carbonyl (C=O) groups excluding carboxylic acids is 1. The minimum absolute atomic E-state index is 0.155. The predicted octanol–water partition coefficient (Wildman–Crippen LogP) is 4.27. The Morgan fingerprint density at radius 1 is 0.917 bits per heavy atom. The molecule has 126 valence electrons. The maximum atomic E-state index is 12.9. The van der Waals surface area contributed by atoms with Crippen molar-refractivity contribution in [1.29, 1.82) is 0 Å². The van der Waals surface area contributed by atoms with E-state index in [4.69, 9.17) is 14.2 Å². The molecule has 24 heavy (non-hydrogen) atoms. The lowest BCUT2D eigenvalue weighted by Gasteiger charge is -2.13. The normalized spacial score (nSPS) is 11.5. The van der Waals surface area contributed by atoms with E-state index >= 15 is 0 Å². The Labute approximate surface area is 142 Å². The van der Waals surface area contributed by atoms with E-state index in [9.17, 15) is 4.79 Å². The van der Waals surface area contributed by atoms with Crippen LogP contribution < -0.4 is 9.47 Å². The molecule has 0 amide bonds. The lowest BCUT2D eigenvalue weighted by molar-refractivity contribution is 0.0955. The summed E-state index contributed by atoms with van der Waals surface area (Å²) in [5.74, 6) is 1.61. The number of rotatable bonds is 6. The molecule has 0 radical (unpaired) electrons. The average molecular weight is 326 g/mol. The maximum Gasteiger partial charge on any atom is 0.228 e. The van der Waals surface area contributed by atoms with Gasteiger partial charge in [-0.05, 0) is 55.3 Å². The first-order valence-corrected chi connectivity index (χ1v) is 7.60. The SMILES string of the molecule is CO/C(C(=O)c1ccc(OC)cc1C)=C(/C)c1cccc(OC)c1. The molecule has 0 spiro atoms. The molecule has 0 bridgehead atoms. The molecule has 0 unspecified atom stereocenters. The molecule has 0 aromatic heterocycles. The first kappa shape index (κ1) is 17.6. The number of carbonyl (C=O) groups is 1. The maximum absolute atomic E-state index is 12.9. The zero-order valence-corrected chi connectivity index (χ0v) is 14.7. The number of benzene rings is 2. The van der Waals surface area contributed by atoms with Crippen LogP contribution in [0.25, 0.3) is 5.57 Å². The van der Waals surface area contributed by atoms with Crippen LogP contribution in [0, 0.1) is 6.92 Å². The van der Waals surface area contributed by atoms with Crippen LogP contribution in [-0.4, -0.2) is 27.1 Å². The molecule has 0 aliphatic carbocycles. The van der Waals surface area contributed by atoms with Gasteiger partial charge in [-0.2, -0.15) is 0 Å². The fourth-order valence-electron chi connectivity index (χ4n) is 2.54. The summed E-state index contributed by atoms with van der Waals surface area (Å²) in [6, 6.07) is 12.9. The second kappa shape index (κ2) is 7.68. The summed E-state index contributed by atoms with van der Waals surface area (Å²) in [7, 11) is 4.72. The smallest absolute Gasteiger partial charge is 0.228 e. The molecule has 0 N–H and O–H groups in total. The second-order valence-corrected chi connectivity index (χ2v) is 5.40. The van der Waals surface area contributed by atoms with Gasteiger partial charge in [-0.15, -0.1) is 0 Å². The van der Waals surface area contributed by atoms with Crippen molar-refractivity contribution in [3.63, 3.8) is 0 Å². The summed E-state index contributed by atoms with van der Waals surface area (Å²) in [5.41, 5.74) is 3.07. The summed E-state index contributed by atoms with van der Waals surface area (Å²) in [6.45, 7) is 3.74. The number of methoxy groups -OCH3 is 3. The van der Waals surface area contributed by atoms with Crippen LogP contribution in [0.2, 0.25) is 0 Å². The van der Waals surface area contributed by atoms with E-state index < -0.39 is 0 Å². The molecule has 0 saturated carbocycles. The summed E-state index contributed by atoms with van der Waals surface area (Å²) < 4.78 is 15.9.